The average molecular weight is 310 g/mol. The van der Waals surface area contributed by atoms with Crippen LogP contribution in [-0.2, 0) is 0 Å². The van der Waals surface area contributed by atoms with Crippen LogP contribution in [0.5, 0.6) is 0 Å². The molecular formula is C16H14N4OS. The highest BCUT2D eigenvalue weighted by molar-refractivity contribution is 7.22. The topological polar surface area (TPSA) is 77.0 Å². The van der Waals surface area contributed by atoms with Crippen molar-refractivity contribution >= 4 is 43.8 Å². The van der Waals surface area contributed by atoms with E-state index in [0.29, 0.717) is 11.1 Å². The summed E-state index contributed by atoms with van der Waals surface area (Å²) in [7, 11) is 0. The molecule has 6 heteroatoms. The van der Waals surface area contributed by atoms with E-state index in [9.17, 15) is 0 Å². The third-order valence-corrected chi connectivity index (χ3v) is 4.32. The second-order valence-corrected chi connectivity index (χ2v) is 6.03. The molecule has 5 nitrogen and oxygen atoms in total. The number of oxazole rings is 1. The standard InChI is InChI=1S/C16H14N4OS/c1-2-18-16-20-11-7-9(3-5-13(11)21-16)10-4-6-14-12(8-10)19-15(17)22-14/h3-8H,2H2,1H3,(H2,17,19)(H,18,20). The van der Waals surface area contributed by atoms with E-state index < -0.39 is 0 Å². The highest BCUT2D eigenvalue weighted by Gasteiger charge is 2.08. The highest BCUT2D eigenvalue weighted by atomic mass is 32.1. The van der Waals surface area contributed by atoms with Gasteiger partial charge in [0.25, 0.3) is 6.01 Å². The van der Waals surface area contributed by atoms with Gasteiger partial charge in [0.15, 0.2) is 10.7 Å². The minimum Gasteiger partial charge on any atom is -0.424 e. The first-order chi connectivity index (χ1) is 10.7. The number of thiazole rings is 1. The van der Waals surface area contributed by atoms with Gasteiger partial charge in [0.05, 0.1) is 10.2 Å². The Kier molecular flexibility index (Phi) is 2.97. The lowest BCUT2D eigenvalue weighted by molar-refractivity contribution is 0.616. The van der Waals surface area contributed by atoms with Crippen LogP contribution in [0.3, 0.4) is 0 Å². The molecule has 0 radical (unpaired) electrons. The van der Waals surface area contributed by atoms with Gasteiger partial charge in [-0.2, -0.15) is 4.98 Å². The molecule has 0 aliphatic carbocycles. The number of rotatable bonds is 3. The van der Waals surface area contributed by atoms with Crippen LogP contribution < -0.4 is 11.1 Å². The van der Waals surface area contributed by atoms with Gasteiger partial charge in [-0.1, -0.05) is 23.5 Å². The Bertz CT molecular complexity index is 973. The van der Waals surface area contributed by atoms with Crippen molar-refractivity contribution in [1.29, 1.82) is 0 Å². The molecule has 0 saturated carbocycles. The lowest BCUT2D eigenvalue weighted by Gasteiger charge is -2.01. The average Bonchev–Trinajstić information content (AvgIpc) is 3.07. The summed E-state index contributed by atoms with van der Waals surface area (Å²) in [5, 5.41) is 3.67. The first kappa shape index (κ1) is 13.1. The maximum atomic E-state index is 5.76. The van der Waals surface area contributed by atoms with Crippen molar-refractivity contribution in [2.45, 2.75) is 6.92 Å². The summed E-state index contributed by atoms with van der Waals surface area (Å²) in [5.41, 5.74) is 10.5. The molecule has 0 atom stereocenters. The van der Waals surface area contributed by atoms with Gasteiger partial charge in [-0.3, -0.25) is 0 Å². The van der Waals surface area contributed by atoms with Crippen molar-refractivity contribution in [3.63, 3.8) is 0 Å². The maximum absolute atomic E-state index is 5.76. The molecule has 3 N–H and O–H groups in total. The minimum atomic E-state index is 0.553. The zero-order chi connectivity index (χ0) is 15.1. The number of benzene rings is 2. The van der Waals surface area contributed by atoms with E-state index in [1.165, 1.54) is 11.3 Å². The molecule has 2 aromatic heterocycles. The molecule has 2 heterocycles. The molecule has 0 aliphatic rings. The molecule has 0 unspecified atom stereocenters. The maximum Gasteiger partial charge on any atom is 0.295 e. The van der Waals surface area contributed by atoms with E-state index in [1.807, 2.05) is 25.1 Å². The number of aromatic nitrogens is 2. The Morgan fingerprint density at radius 2 is 1.86 bits per heavy atom. The van der Waals surface area contributed by atoms with Crippen molar-refractivity contribution in [3.8, 4) is 11.1 Å². The number of nitrogens with zero attached hydrogens (tertiary/aromatic N) is 2. The lowest BCUT2D eigenvalue weighted by Crippen LogP contribution is -1.95. The Morgan fingerprint density at radius 1 is 1.09 bits per heavy atom. The number of hydrogen-bond donors (Lipinski definition) is 2. The Morgan fingerprint density at radius 3 is 2.68 bits per heavy atom. The van der Waals surface area contributed by atoms with Gasteiger partial charge in [-0.25, -0.2) is 4.98 Å². The van der Waals surface area contributed by atoms with Gasteiger partial charge >= 0.3 is 0 Å². The number of anilines is 2. The molecule has 22 heavy (non-hydrogen) atoms. The molecule has 0 aliphatic heterocycles. The molecule has 0 amide bonds. The summed E-state index contributed by atoms with van der Waals surface area (Å²) in [6, 6.07) is 12.7. The highest BCUT2D eigenvalue weighted by Crippen LogP contribution is 2.30. The quantitative estimate of drug-likeness (QED) is 0.595. The Hall–Kier alpha value is -2.60. The first-order valence-electron chi connectivity index (χ1n) is 7.04. The van der Waals surface area contributed by atoms with Crippen LogP contribution in [0.25, 0.3) is 32.4 Å². The predicted octanol–water partition coefficient (Wildman–Crippen LogP) is 4.12. The summed E-state index contributed by atoms with van der Waals surface area (Å²) in [5.74, 6) is 0. The predicted molar refractivity (Wildman–Crippen MR) is 91.2 cm³/mol. The zero-order valence-electron chi connectivity index (χ0n) is 12.0. The third kappa shape index (κ3) is 2.17. The summed E-state index contributed by atoms with van der Waals surface area (Å²) in [4.78, 5) is 8.79. The van der Waals surface area contributed by atoms with Gasteiger partial charge in [-0.15, -0.1) is 0 Å². The molecule has 0 fully saturated rings. The monoisotopic (exact) mass is 310 g/mol. The van der Waals surface area contributed by atoms with Crippen molar-refractivity contribution in [1.82, 2.24) is 9.97 Å². The molecule has 0 bridgehead atoms. The van der Waals surface area contributed by atoms with Crippen molar-refractivity contribution in [2.24, 2.45) is 0 Å². The number of hydrogen-bond acceptors (Lipinski definition) is 6. The molecule has 4 rings (SSSR count). The third-order valence-electron chi connectivity index (χ3n) is 3.45. The fourth-order valence-corrected chi connectivity index (χ4v) is 3.17. The molecule has 4 aromatic rings. The fourth-order valence-electron chi connectivity index (χ4n) is 2.46. The van der Waals surface area contributed by atoms with Crippen LogP contribution in [0.2, 0.25) is 0 Å². The summed E-state index contributed by atoms with van der Waals surface area (Å²) >= 11 is 1.50. The van der Waals surface area contributed by atoms with E-state index in [2.05, 4.69) is 33.5 Å². The first-order valence-corrected chi connectivity index (χ1v) is 7.85. The number of nitrogens with two attached hydrogens (primary N) is 1. The second kappa shape index (κ2) is 4.99. The van der Waals surface area contributed by atoms with Crippen LogP contribution in [-0.4, -0.2) is 16.5 Å². The van der Waals surface area contributed by atoms with E-state index in [1.54, 1.807) is 0 Å². The molecule has 0 saturated heterocycles. The smallest absolute Gasteiger partial charge is 0.295 e. The number of nitrogens with one attached hydrogen (secondary N) is 1. The van der Waals surface area contributed by atoms with Gasteiger partial charge in [0, 0.05) is 6.54 Å². The van der Waals surface area contributed by atoms with Crippen molar-refractivity contribution in [3.05, 3.63) is 36.4 Å². The zero-order valence-corrected chi connectivity index (χ0v) is 12.8. The normalized spacial score (nSPS) is 11.3. The fraction of sp³-hybridized carbons (Fsp3) is 0.125. The Labute approximate surface area is 130 Å². The van der Waals surface area contributed by atoms with Crippen molar-refractivity contribution in [2.75, 3.05) is 17.6 Å². The second-order valence-electron chi connectivity index (χ2n) is 4.97. The summed E-state index contributed by atoms with van der Waals surface area (Å²) in [6.07, 6.45) is 0. The lowest BCUT2D eigenvalue weighted by atomic mass is 10.1. The molecular weight excluding hydrogens is 296 g/mol. The van der Waals surface area contributed by atoms with Crippen LogP contribution in [0.1, 0.15) is 6.92 Å². The van der Waals surface area contributed by atoms with E-state index >= 15 is 0 Å². The molecule has 0 spiro atoms. The van der Waals surface area contributed by atoms with Crippen molar-refractivity contribution < 1.29 is 4.42 Å². The van der Waals surface area contributed by atoms with Gasteiger partial charge in [0.2, 0.25) is 0 Å². The SMILES string of the molecule is CCNc1nc2cc(-c3ccc4sc(N)nc4c3)ccc2o1. The van der Waals surface area contributed by atoms with Crippen LogP contribution in [0.4, 0.5) is 11.1 Å². The Balaban J connectivity index is 1.80. The summed E-state index contributed by atoms with van der Waals surface area (Å²) < 4.78 is 6.72. The minimum absolute atomic E-state index is 0.553. The van der Waals surface area contributed by atoms with E-state index in [4.69, 9.17) is 10.2 Å². The van der Waals surface area contributed by atoms with Gasteiger partial charge < -0.3 is 15.5 Å². The van der Waals surface area contributed by atoms with Crippen LogP contribution in [0.15, 0.2) is 40.8 Å². The van der Waals surface area contributed by atoms with Crippen LogP contribution in [0, 0.1) is 0 Å². The largest absolute Gasteiger partial charge is 0.424 e. The van der Waals surface area contributed by atoms with Gasteiger partial charge in [0.1, 0.15) is 5.52 Å². The number of nitrogen functional groups attached to an aromatic ring is 1. The summed E-state index contributed by atoms with van der Waals surface area (Å²) in [6.45, 7) is 2.79. The van der Waals surface area contributed by atoms with E-state index in [-0.39, 0.29) is 0 Å². The molecule has 110 valence electrons. The van der Waals surface area contributed by atoms with Crippen LogP contribution >= 0.6 is 11.3 Å². The number of fused-ring (bicyclic) bond motifs is 2. The molecule has 2 aromatic carbocycles. The van der Waals surface area contributed by atoms with Gasteiger partial charge in [-0.05, 0) is 42.3 Å². The van der Waals surface area contributed by atoms with E-state index in [0.717, 1.165) is 39.0 Å².